The van der Waals surface area contributed by atoms with Crippen LogP contribution in [0.3, 0.4) is 0 Å². The van der Waals surface area contributed by atoms with Crippen molar-refractivity contribution in [3.8, 4) is 5.75 Å². The molecule has 2 aromatic rings. The number of rotatable bonds is 3. The molecule has 1 aromatic carbocycles. The van der Waals surface area contributed by atoms with Gasteiger partial charge in [0.25, 0.3) is 0 Å². The number of methoxy groups -OCH3 is 1. The molecule has 2 nitrogen and oxygen atoms in total. The second-order valence-electron chi connectivity index (χ2n) is 3.74. The number of furan rings is 1. The van der Waals surface area contributed by atoms with Gasteiger partial charge in [0, 0.05) is 15.6 Å². The number of hydrogen-bond donors (Lipinski definition) is 0. The van der Waals surface area contributed by atoms with Gasteiger partial charge in [-0.3, -0.25) is 0 Å². The molecule has 0 aliphatic carbocycles. The summed E-state index contributed by atoms with van der Waals surface area (Å²) in [6.45, 7) is 1.89. The van der Waals surface area contributed by atoms with E-state index in [4.69, 9.17) is 20.8 Å². The van der Waals surface area contributed by atoms with Crippen LogP contribution in [0, 0.1) is 6.92 Å². The molecule has 0 bridgehead atoms. The van der Waals surface area contributed by atoms with E-state index in [9.17, 15) is 0 Å². The predicted molar refractivity (Wildman–Crippen MR) is 71.8 cm³/mol. The molecule has 0 saturated carbocycles. The van der Waals surface area contributed by atoms with Gasteiger partial charge in [-0.1, -0.05) is 15.9 Å². The van der Waals surface area contributed by atoms with Crippen LogP contribution in [0.25, 0.3) is 0 Å². The average Bonchev–Trinajstić information content (AvgIpc) is 2.75. The zero-order chi connectivity index (χ0) is 12.4. The first-order valence-corrected chi connectivity index (χ1v) is 6.37. The number of ether oxygens (including phenoxy) is 1. The number of aryl methyl sites for hydroxylation is 1. The Labute approximate surface area is 114 Å². The van der Waals surface area contributed by atoms with E-state index in [1.807, 2.05) is 31.2 Å². The second-order valence-corrected chi connectivity index (χ2v) is 5.09. The van der Waals surface area contributed by atoms with Crippen molar-refractivity contribution >= 4 is 27.5 Å². The lowest BCUT2D eigenvalue weighted by atomic mass is 10.1. The molecule has 0 fully saturated rings. The Morgan fingerprint density at radius 1 is 1.35 bits per heavy atom. The Morgan fingerprint density at radius 2 is 2.12 bits per heavy atom. The molecule has 1 heterocycles. The van der Waals surface area contributed by atoms with Gasteiger partial charge in [0.1, 0.15) is 11.5 Å². The minimum atomic E-state index is -0.278. The highest BCUT2D eigenvalue weighted by Crippen LogP contribution is 2.37. The van der Waals surface area contributed by atoms with Crippen LogP contribution < -0.4 is 4.74 Å². The molecule has 2 rings (SSSR count). The SMILES string of the molecule is COc1ccc(Br)cc1C(Cl)c1coc(C)c1. The summed E-state index contributed by atoms with van der Waals surface area (Å²) in [6.07, 6.45) is 1.67. The lowest BCUT2D eigenvalue weighted by Gasteiger charge is -2.13. The van der Waals surface area contributed by atoms with E-state index in [-0.39, 0.29) is 5.38 Å². The maximum atomic E-state index is 6.44. The van der Waals surface area contributed by atoms with Gasteiger partial charge in [0.2, 0.25) is 0 Å². The van der Waals surface area contributed by atoms with Crippen molar-refractivity contribution < 1.29 is 9.15 Å². The lowest BCUT2D eigenvalue weighted by molar-refractivity contribution is 0.410. The van der Waals surface area contributed by atoms with Crippen LogP contribution in [-0.2, 0) is 0 Å². The third-order valence-electron chi connectivity index (χ3n) is 2.51. The van der Waals surface area contributed by atoms with Crippen LogP contribution in [0.2, 0.25) is 0 Å². The van der Waals surface area contributed by atoms with Gasteiger partial charge in [-0.15, -0.1) is 11.6 Å². The molecule has 0 amide bonds. The van der Waals surface area contributed by atoms with Gasteiger partial charge in [0.15, 0.2) is 0 Å². The fraction of sp³-hybridized carbons (Fsp3) is 0.231. The normalized spacial score (nSPS) is 12.5. The fourth-order valence-corrected chi connectivity index (χ4v) is 2.34. The van der Waals surface area contributed by atoms with Gasteiger partial charge in [0.05, 0.1) is 18.8 Å². The Morgan fingerprint density at radius 3 is 2.71 bits per heavy atom. The molecule has 0 radical (unpaired) electrons. The van der Waals surface area contributed by atoms with Gasteiger partial charge >= 0.3 is 0 Å². The first-order chi connectivity index (χ1) is 8.11. The Bertz CT molecular complexity index is 522. The van der Waals surface area contributed by atoms with Crippen LogP contribution in [0.4, 0.5) is 0 Å². The maximum Gasteiger partial charge on any atom is 0.123 e. The molecule has 90 valence electrons. The molecule has 0 aliphatic heterocycles. The summed E-state index contributed by atoms with van der Waals surface area (Å²) < 4.78 is 11.6. The van der Waals surface area contributed by atoms with E-state index >= 15 is 0 Å². The smallest absolute Gasteiger partial charge is 0.123 e. The minimum absolute atomic E-state index is 0.278. The average molecular weight is 316 g/mol. The van der Waals surface area contributed by atoms with Gasteiger partial charge in [-0.25, -0.2) is 0 Å². The summed E-state index contributed by atoms with van der Waals surface area (Å²) >= 11 is 9.87. The number of alkyl halides is 1. The molecule has 0 aliphatic rings. The van der Waals surface area contributed by atoms with Crippen LogP contribution in [0.5, 0.6) is 5.75 Å². The zero-order valence-electron chi connectivity index (χ0n) is 9.54. The highest BCUT2D eigenvalue weighted by molar-refractivity contribution is 9.10. The van der Waals surface area contributed by atoms with Gasteiger partial charge in [-0.2, -0.15) is 0 Å². The molecule has 1 aromatic heterocycles. The summed E-state index contributed by atoms with van der Waals surface area (Å²) in [5, 5.41) is -0.278. The molecular weight excluding hydrogens is 303 g/mol. The highest BCUT2D eigenvalue weighted by Gasteiger charge is 2.17. The number of halogens is 2. The van der Waals surface area contributed by atoms with Gasteiger partial charge < -0.3 is 9.15 Å². The lowest BCUT2D eigenvalue weighted by Crippen LogP contribution is -1.96. The first-order valence-electron chi connectivity index (χ1n) is 5.14. The maximum absolute atomic E-state index is 6.44. The van der Waals surface area contributed by atoms with Crippen LogP contribution in [-0.4, -0.2) is 7.11 Å². The third-order valence-corrected chi connectivity index (χ3v) is 3.49. The van der Waals surface area contributed by atoms with Crippen molar-refractivity contribution in [1.29, 1.82) is 0 Å². The van der Waals surface area contributed by atoms with Crippen LogP contribution in [0.1, 0.15) is 22.3 Å². The van der Waals surface area contributed by atoms with E-state index in [1.165, 1.54) is 0 Å². The van der Waals surface area contributed by atoms with Crippen molar-refractivity contribution in [2.75, 3.05) is 7.11 Å². The fourth-order valence-electron chi connectivity index (χ4n) is 1.68. The molecule has 0 N–H and O–H groups in total. The van der Waals surface area contributed by atoms with Crippen molar-refractivity contribution in [1.82, 2.24) is 0 Å². The Kier molecular flexibility index (Phi) is 3.79. The molecule has 4 heteroatoms. The van der Waals surface area contributed by atoms with Crippen molar-refractivity contribution in [2.45, 2.75) is 12.3 Å². The molecule has 1 atom stereocenters. The van der Waals surface area contributed by atoms with E-state index in [1.54, 1.807) is 13.4 Å². The molecular formula is C13H12BrClO2. The van der Waals surface area contributed by atoms with E-state index in [0.29, 0.717) is 0 Å². The predicted octanol–water partition coefficient (Wildman–Crippen LogP) is 4.69. The quantitative estimate of drug-likeness (QED) is 0.767. The summed E-state index contributed by atoms with van der Waals surface area (Å²) in [5.41, 5.74) is 1.85. The monoisotopic (exact) mass is 314 g/mol. The standard InChI is InChI=1S/C13H12BrClO2/c1-8-5-9(7-17-8)13(15)11-6-10(14)3-4-12(11)16-2/h3-7,13H,1-2H3. The Balaban J connectivity index is 2.42. The topological polar surface area (TPSA) is 22.4 Å². The number of benzene rings is 1. The minimum Gasteiger partial charge on any atom is -0.496 e. The zero-order valence-corrected chi connectivity index (χ0v) is 11.9. The molecule has 0 saturated heterocycles. The van der Waals surface area contributed by atoms with Gasteiger partial charge in [-0.05, 0) is 31.2 Å². The first kappa shape index (κ1) is 12.5. The van der Waals surface area contributed by atoms with Crippen molar-refractivity contribution in [3.05, 3.63) is 51.9 Å². The Hall–Kier alpha value is -0.930. The summed E-state index contributed by atoms with van der Waals surface area (Å²) in [6, 6.07) is 7.70. The van der Waals surface area contributed by atoms with Crippen molar-refractivity contribution in [2.24, 2.45) is 0 Å². The van der Waals surface area contributed by atoms with E-state index in [0.717, 1.165) is 27.1 Å². The van der Waals surface area contributed by atoms with Crippen LogP contribution >= 0.6 is 27.5 Å². The number of hydrogen-bond acceptors (Lipinski definition) is 2. The summed E-state index contributed by atoms with van der Waals surface area (Å²) in [4.78, 5) is 0. The highest BCUT2D eigenvalue weighted by atomic mass is 79.9. The second kappa shape index (κ2) is 5.15. The third kappa shape index (κ3) is 2.67. The van der Waals surface area contributed by atoms with E-state index in [2.05, 4.69) is 15.9 Å². The summed E-state index contributed by atoms with van der Waals surface area (Å²) in [5.74, 6) is 1.62. The molecule has 1 unspecified atom stereocenters. The van der Waals surface area contributed by atoms with E-state index < -0.39 is 0 Å². The summed E-state index contributed by atoms with van der Waals surface area (Å²) in [7, 11) is 1.64. The van der Waals surface area contributed by atoms with Crippen molar-refractivity contribution in [3.63, 3.8) is 0 Å². The molecule has 17 heavy (non-hydrogen) atoms. The molecule has 0 spiro atoms. The largest absolute Gasteiger partial charge is 0.496 e. The van der Waals surface area contributed by atoms with Crippen LogP contribution in [0.15, 0.2) is 39.4 Å².